The van der Waals surface area contributed by atoms with Gasteiger partial charge in [-0.3, -0.25) is 4.90 Å². The summed E-state index contributed by atoms with van der Waals surface area (Å²) in [5.74, 6) is 0. The maximum atomic E-state index is 12.3. The molecule has 1 aliphatic heterocycles. The van der Waals surface area contributed by atoms with Crippen LogP contribution in [-0.4, -0.2) is 46.4 Å². The Labute approximate surface area is 142 Å². The highest BCUT2D eigenvalue weighted by molar-refractivity contribution is 5.75. The van der Waals surface area contributed by atoms with Gasteiger partial charge in [-0.1, -0.05) is 6.08 Å². The molecule has 2 rings (SSSR count). The molecular weight excluding hydrogens is 310 g/mol. The van der Waals surface area contributed by atoms with Crippen LogP contribution >= 0.6 is 0 Å². The van der Waals surface area contributed by atoms with E-state index in [0.717, 1.165) is 0 Å². The molecule has 3 atom stereocenters. The normalized spacial score (nSPS) is 25.8. The molecule has 0 aromatic rings. The average Bonchev–Trinajstić information content (AvgIpc) is 3.08. The lowest BCUT2D eigenvalue weighted by Gasteiger charge is -2.24. The number of hydrogen-bond donors (Lipinski definition) is 1. The van der Waals surface area contributed by atoms with E-state index in [1.54, 1.807) is 52.5 Å². The third kappa shape index (κ3) is 4.40. The van der Waals surface area contributed by atoms with Crippen LogP contribution in [0.15, 0.2) is 11.8 Å². The number of amides is 2. The highest BCUT2D eigenvalue weighted by atomic mass is 16.6. The predicted octanol–water partition coefficient (Wildman–Crippen LogP) is 3.07. The lowest BCUT2D eigenvalue weighted by Crippen LogP contribution is -2.44. The van der Waals surface area contributed by atoms with Gasteiger partial charge in [0.1, 0.15) is 11.2 Å². The zero-order chi connectivity index (χ0) is 18.3. The fourth-order valence-corrected chi connectivity index (χ4v) is 2.73. The summed E-state index contributed by atoms with van der Waals surface area (Å²) in [6.45, 7) is 18.0. The van der Waals surface area contributed by atoms with E-state index in [2.05, 4.69) is 10.2 Å². The van der Waals surface area contributed by atoms with E-state index >= 15 is 0 Å². The first-order chi connectivity index (χ1) is 10.9. The summed E-state index contributed by atoms with van der Waals surface area (Å²) in [5, 5.41) is 2.78. The lowest BCUT2D eigenvalue weighted by molar-refractivity contribution is 0.0375. The van der Waals surface area contributed by atoms with Gasteiger partial charge in [-0.15, -0.1) is 0 Å². The van der Waals surface area contributed by atoms with Gasteiger partial charge in [0, 0.05) is 6.42 Å². The molecule has 1 heterocycles. The summed E-state index contributed by atoms with van der Waals surface area (Å²) in [6.07, 6.45) is 1.17. The monoisotopic (exact) mass is 335 g/mol. The second-order valence-corrected chi connectivity index (χ2v) is 8.10. The van der Waals surface area contributed by atoms with Crippen LogP contribution in [0.4, 0.5) is 9.59 Å². The molecule has 1 saturated heterocycles. The number of nitrogens with zero attached hydrogens (tertiary/aromatic N) is 2. The molecule has 0 unspecified atom stereocenters. The molecule has 0 radical (unpaired) electrons. The Kier molecular flexibility index (Phi) is 4.53. The Balaban J connectivity index is 2.08. The van der Waals surface area contributed by atoms with Crippen molar-refractivity contribution in [2.75, 3.05) is 0 Å². The summed E-state index contributed by atoms with van der Waals surface area (Å²) < 4.78 is 10.7. The standard InChI is InChI=1S/C17H25N3O4/c1-16(2,3)23-14(21)19-11-8-10(18-7)9-12-13(11)20(12)15(22)24-17(4,5)6/h9,11-13H,8H2,1-6H3,(H,19,21)/t11-,12-,13+,20?/m0/s1. The molecule has 2 aliphatic rings. The number of carbonyl (C=O) groups excluding carboxylic acids is 2. The smallest absolute Gasteiger partial charge is 0.411 e. The van der Waals surface area contributed by atoms with E-state index in [1.807, 2.05) is 0 Å². The third-order valence-electron chi connectivity index (χ3n) is 3.56. The molecule has 2 amide bonds. The molecule has 1 fully saturated rings. The van der Waals surface area contributed by atoms with E-state index in [9.17, 15) is 9.59 Å². The molecule has 0 aromatic heterocycles. The number of nitrogens with one attached hydrogen (secondary N) is 1. The van der Waals surface area contributed by atoms with Crippen LogP contribution in [0, 0.1) is 6.57 Å². The van der Waals surface area contributed by atoms with Crippen LogP contribution in [0.5, 0.6) is 0 Å². The SMILES string of the molecule is [C-]#[N+]C1=C[C@H]2[C@@H]([C@@H](NC(=O)OC(C)(C)C)C1)N2C(=O)OC(C)(C)C. The Hall–Kier alpha value is -2.23. The minimum Gasteiger partial charge on any atom is -0.444 e. The van der Waals surface area contributed by atoms with Crippen molar-refractivity contribution in [3.63, 3.8) is 0 Å². The van der Waals surface area contributed by atoms with Gasteiger partial charge in [0.25, 0.3) is 0 Å². The predicted molar refractivity (Wildman–Crippen MR) is 88.1 cm³/mol. The minimum absolute atomic E-state index is 0.196. The van der Waals surface area contributed by atoms with Crippen LogP contribution in [0.1, 0.15) is 48.0 Å². The van der Waals surface area contributed by atoms with Gasteiger partial charge in [-0.2, -0.15) is 0 Å². The van der Waals surface area contributed by atoms with Crippen molar-refractivity contribution in [2.45, 2.75) is 77.3 Å². The minimum atomic E-state index is -0.606. The molecule has 1 N–H and O–H groups in total. The van der Waals surface area contributed by atoms with Gasteiger partial charge < -0.3 is 14.8 Å². The fourth-order valence-electron chi connectivity index (χ4n) is 2.73. The lowest BCUT2D eigenvalue weighted by atomic mass is 9.99. The van der Waals surface area contributed by atoms with E-state index in [1.165, 1.54) is 0 Å². The summed E-state index contributed by atoms with van der Waals surface area (Å²) >= 11 is 0. The van der Waals surface area contributed by atoms with Gasteiger partial charge >= 0.3 is 12.2 Å². The summed E-state index contributed by atoms with van der Waals surface area (Å²) in [6, 6.07) is -0.762. The number of hydrogen-bond acceptors (Lipinski definition) is 4. The molecule has 132 valence electrons. The first-order valence-corrected chi connectivity index (χ1v) is 8.00. The molecule has 7 heteroatoms. The van der Waals surface area contributed by atoms with E-state index in [4.69, 9.17) is 16.0 Å². The number of ether oxygens (including phenoxy) is 2. The fraction of sp³-hybridized carbons (Fsp3) is 0.706. The Morgan fingerprint density at radius 3 is 2.29 bits per heavy atom. The summed E-state index contributed by atoms with van der Waals surface area (Å²) in [7, 11) is 0. The first-order valence-electron chi connectivity index (χ1n) is 8.00. The van der Waals surface area contributed by atoms with Crippen LogP contribution in [0.2, 0.25) is 0 Å². The van der Waals surface area contributed by atoms with Crippen molar-refractivity contribution < 1.29 is 19.1 Å². The van der Waals surface area contributed by atoms with Crippen molar-refractivity contribution in [2.24, 2.45) is 0 Å². The van der Waals surface area contributed by atoms with Crippen LogP contribution in [0.3, 0.4) is 0 Å². The second kappa shape index (κ2) is 6.00. The highest BCUT2D eigenvalue weighted by Crippen LogP contribution is 2.41. The largest absolute Gasteiger partial charge is 0.444 e. The maximum Gasteiger partial charge on any atom is 0.411 e. The van der Waals surface area contributed by atoms with E-state index in [0.29, 0.717) is 12.1 Å². The van der Waals surface area contributed by atoms with Crippen molar-refractivity contribution in [1.82, 2.24) is 10.2 Å². The number of alkyl carbamates (subject to hydrolysis) is 1. The van der Waals surface area contributed by atoms with Crippen LogP contribution in [0.25, 0.3) is 4.85 Å². The zero-order valence-corrected chi connectivity index (χ0v) is 15.0. The van der Waals surface area contributed by atoms with Gasteiger partial charge in [-0.05, 0) is 41.5 Å². The second-order valence-electron chi connectivity index (χ2n) is 8.10. The van der Waals surface area contributed by atoms with Gasteiger partial charge in [-0.25, -0.2) is 14.4 Å². The Morgan fingerprint density at radius 1 is 1.21 bits per heavy atom. The number of carbonyl (C=O) groups is 2. The molecule has 0 spiro atoms. The van der Waals surface area contributed by atoms with Crippen molar-refractivity contribution >= 4 is 12.2 Å². The molecular formula is C17H25N3O4. The number of fused-ring (bicyclic) bond motifs is 1. The zero-order valence-electron chi connectivity index (χ0n) is 15.0. The van der Waals surface area contributed by atoms with E-state index < -0.39 is 23.4 Å². The van der Waals surface area contributed by atoms with Gasteiger partial charge in [0.05, 0.1) is 24.7 Å². The molecule has 1 aliphatic carbocycles. The molecule has 24 heavy (non-hydrogen) atoms. The topological polar surface area (TPSA) is 72.0 Å². The maximum absolute atomic E-state index is 12.3. The van der Waals surface area contributed by atoms with Crippen molar-refractivity contribution in [3.05, 3.63) is 23.2 Å². The number of rotatable bonds is 1. The van der Waals surface area contributed by atoms with E-state index in [-0.39, 0.29) is 18.1 Å². The van der Waals surface area contributed by atoms with Crippen molar-refractivity contribution in [3.8, 4) is 0 Å². The first kappa shape index (κ1) is 18.1. The van der Waals surface area contributed by atoms with Crippen molar-refractivity contribution in [1.29, 1.82) is 0 Å². The highest BCUT2D eigenvalue weighted by Gasteiger charge is 2.57. The molecule has 0 bridgehead atoms. The average molecular weight is 335 g/mol. The molecule has 7 nitrogen and oxygen atoms in total. The van der Waals surface area contributed by atoms with Crippen LogP contribution < -0.4 is 5.32 Å². The van der Waals surface area contributed by atoms with Gasteiger partial charge in [0.15, 0.2) is 5.70 Å². The quantitative estimate of drug-likeness (QED) is 0.590. The Morgan fingerprint density at radius 2 is 1.79 bits per heavy atom. The summed E-state index contributed by atoms with van der Waals surface area (Å²) in [4.78, 5) is 29.3. The van der Waals surface area contributed by atoms with Gasteiger partial charge in [0.2, 0.25) is 0 Å². The molecule has 0 aromatic carbocycles. The Bertz CT molecular complexity index is 607. The third-order valence-corrected chi connectivity index (χ3v) is 3.56. The summed E-state index contributed by atoms with van der Waals surface area (Å²) in [5.41, 5.74) is -0.669. The van der Waals surface area contributed by atoms with Crippen LogP contribution in [-0.2, 0) is 9.47 Å². The molecule has 0 saturated carbocycles.